The Morgan fingerprint density at radius 2 is 1.40 bits per heavy atom. The maximum Gasteiger partial charge on any atom is 0.0782 e. The highest BCUT2D eigenvalue weighted by Crippen LogP contribution is 2.26. The van der Waals surface area contributed by atoms with Crippen molar-refractivity contribution in [2.45, 2.75) is 0 Å². The maximum absolute atomic E-state index is 5.61. The van der Waals surface area contributed by atoms with Crippen LogP contribution in [0, 0.1) is 0 Å². The van der Waals surface area contributed by atoms with Crippen molar-refractivity contribution in [2.24, 2.45) is 0 Å². The van der Waals surface area contributed by atoms with Crippen LogP contribution in [0.2, 0.25) is 5.02 Å². The summed E-state index contributed by atoms with van der Waals surface area (Å²) in [6, 6.07) is 3.13. The van der Waals surface area contributed by atoms with Gasteiger partial charge in [0.15, 0.2) is 0 Å². The molecular formula is C6H8ClN3. The second-order valence-corrected chi connectivity index (χ2v) is 2.43. The average molecular weight is 158 g/mol. The zero-order valence-corrected chi connectivity index (χ0v) is 6.02. The highest BCUT2D eigenvalue weighted by atomic mass is 35.5. The molecule has 4 heteroatoms. The van der Waals surface area contributed by atoms with Gasteiger partial charge in [0.1, 0.15) is 0 Å². The average Bonchev–Trinajstić information content (AvgIpc) is 1.82. The van der Waals surface area contributed by atoms with E-state index < -0.39 is 0 Å². The smallest absolute Gasteiger partial charge is 0.0782 e. The summed E-state index contributed by atoms with van der Waals surface area (Å²) in [5, 5.41) is 0.504. The first-order chi connectivity index (χ1) is 4.61. The molecule has 0 saturated carbocycles. The molecule has 0 aliphatic rings. The molecule has 1 rings (SSSR count). The first-order valence-corrected chi connectivity index (χ1v) is 3.09. The van der Waals surface area contributed by atoms with E-state index in [1.165, 1.54) is 0 Å². The Morgan fingerprint density at radius 1 is 1.00 bits per heavy atom. The van der Waals surface area contributed by atoms with Crippen molar-refractivity contribution in [1.82, 2.24) is 0 Å². The summed E-state index contributed by atoms with van der Waals surface area (Å²) < 4.78 is 0. The Bertz CT molecular complexity index is 236. The third-order valence-corrected chi connectivity index (χ3v) is 1.43. The summed E-state index contributed by atoms with van der Waals surface area (Å²) in [5.74, 6) is 0. The van der Waals surface area contributed by atoms with Crippen molar-refractivity contribution in [3.8, 4) is 0 Å². The van der Waals surface area contributed by atoms with Gasteiger partial charge in [-0.1, -0.05) is 11.6 Å². The number of hydrogen-bond acceptors (Lipinski definition) is 3. The Hall–Kier alpha value is -1.09. The summed E-state index contributed by atoms with van der Waals surface area (Å²) in [4.78, 5) is 0. The molecule has 1 aromatic carbocycles. The van der Waals surface area contributed by atoms with Crippen LogP contribution in [0.5, 0.6) is 0 Å². The summed E-state index contributed by atoms with van der Waals surface area (Å²) >= 11 is 5.61. The molecular weight excluding hydrogens is 150 g/mol. The predicted molar refractivity (Wildman–Crippen MR) is 44.7 cm³/mol. The molecule has 0 aliphatic carbocycles. The van der Waals surface area contributed by atoms with E-state index in [2.05, 4.69) is 0 Å². The van der Waals surface area contributed by atoms with E-state index >= 15 is 0 Å². The van der Waals surface area contributed by atoms with Crippen molar-refractivity contribution < 1.29 is 0 Å². The number of nitrogen functional groups attached to an aromatic ring is 3. The number of rotatable bonds is 0. The second kappa shape index (κ2) is 2.27. The molecule has 0 unspecified atom stereocenters. The van der Waals surface area contributed by atoms with E-state index in [9.17, 15) is 0 Å². The van der Waals surface area contributed by atoms with Crippen LogP contribution in [-0.4, -0.2) is 0 Å². The number of anilines is 3. The van der Waals surface area contributed by atoms with E-state index in [1.54, 1.807) is 12.1 Å². The molecule has 6 N–H and O–H groups in total. The van der Waals surface area contributed by atoms with Gasteiger partial charge in [-0.25, -0.2) is 0 Å². The van der Waals surface area contributed by atoms with Crippen molar-refractivity contribution in [3.05, 3.63) is 17.2 Å². The van der Waals surface area contributed by atoms with Gasteiger partial charge >= 0.3 is 0 Å². The third kappa shape index (κ3) is 1.09. The number of halogens is 1. The molecule has 54 valence electrons. The van der Waals surface area contributed by atoms with Gasteiger partial charge < -0.3 is 17.2 Å². The SMILES string of the molecule is Nc1cc(Cl)cc(N)c1N. The Kier molecular flexibility index (Phi) is 1.59. The van der Waals surface area contributed by atoms with Crippen molar-refractivity contribution in [3.63, 3.8) is 0 Å². The van der Waals surface area contributed by atoms with Crippen molar-refractivity contribution in [1.29, 1.82) is 0 Å². The minimum absolute atomic E-state index is 0.393. The molecule has 3 nitrogen and oxygen atoms in total. The van der Waals surface area contributed by atoms with Gasteiger partial charge in [-0.2, -0.15) is 0 Å². The fourth-order valence-corrected chi connectivity index (χ4v) is 0.896. The number of hydrogen-bond donors (Lipinski definition) is 3. The molecule has 0 aliphatic heterocycles. The monoisotopic (exact) mass is 157 g/mol. The van der Waals surface area contributed by atoms with Crippen LogP contribution in [0.3, 0.4) is 0 Å². The lowest BCUT2D eigenvalue weighted by Crippen LogP contribution is -1.99. The van der Waals surface area contributed by atoms with Gasteiger partial charge in [-0.15, -0.1) is 0 Å². The first kappa shape index (κ1) is 7.02. The van der Waals surface area contributed by atoms with E-state index in [4.69, 9.17) is 28.8 Å². The minimum atomic E-state index is 0.393. The lowest BCUT2D eigenvalue weighted by Gasteiger charge is -2.03. The van der Waals surface area contributed by atoms with Gasteiger partial charge in [0.05, 0.1) is 17.1 Å². The zero-order chi connectivity index (χ0) is 7.72. The predicted octanol–water partition coefficient (Wildman–Crippen LogP) is 1.09. The van der Waals surface area contributed by atoms with Crippen LogP contribution >= 0.6 is 11.6 Å². The summed E-state index contributed by atoms with van der Waals surface area (Å²) in [5.41, 5.74) is 17.5. The van der Waals surface area contributed by atoms with Crippen LogP contribution < -0.4 is 17.2 Å². The van der Waals surface area contributed by atoms with E-state index in [0.717, 1.165) is 0 Å². The van der Waals surface area contributed by atoms with Crippen LogP contribution in [0.25, 0.3) is 0 Å². The largest absolute Gasteiger partial charge is 0.397 e. The molecule has 0 heterocycles. The fraction of sp³-hybridized carbons (Fsp3) is 0. The lowest BCUT2D eigenvalue weighted by atomic mass is 10.2. The second-order valence-electron chi connectivity index (χ2n) is 2.00. The van der Waals surface area contributed by atoms with Crippen LogP contribution in [0.1, 0.15) is 0 Å². The molecule has 0 fully saturated rings. The Morgan fingerprint density at radius 3 is 1.80 bits per heavy atom. The van der Waals surface area contributed by atoms with Crippen molar-refractivity contribution >= 4 is 28.7 Å². The van der Waals surface area contributed by atoms with E-state index in [1.807, 2.05) is 0 Å². The number of benzene rings is 1. The van der Waals surface area contributed by atoms with Crippen LogP contribution in [-0.2, 0) is 0 Å². The van der Waals surface area contributed by atoms with Gasteiger partial charge in [-0.05, 0) is 12.1 Å². The molecule has 10 heavy (non-hydrogen) atoms. The van der Waals surface area contributed by atoms with Crippen molar-refractivity contribution in [2.75, 3.05) is 17.2 Å². The molecule has 0 amide bonds. The van der Waals surface area contributed by atoms with Gasteiger partial charge in [0, 0.05) is 5.02 Å². The summed E-state index contributed by atoms with van der Waals surface area (Å²) in [7, 11) is 0. The lowest BCUT2D eigenvalue weighted by molar-refractivity contribution is 1.65. The van der Waals surface area contributed by atoms with Gasteiger partial charge in [0.2, 0.25) is 0 Å². The van der Waals surface area contributed by atoms with Crippen LogP contribution in [0.4, 0.5) is 17.1 Å². The summed E-state index contributed by atoms with van der Waals surface area (Å²) in [6.45, 7) is 0. The molecule has 0 saturated heterocycles. The standard InChI is InChI=1S/C6H8ClN3/c7-3-1-4(8)6(10)5(9)2-3/h1-2H,8-10H2. The molecule has 0 atom stereocenters. The summed E-state index contributed by atoms with van der Waals surface area (Å²) in [6.07, 6.45) is 0. The van der Waals surface area contributed by atoms with Gasteiger partial charge in [0.25, 0.3) is 0 Å². The zero-order valence-electron chi connectivity index (χ0n) is 5.26. The topological polar surface area (TPSA) is 78.1 Å². The highest BCUT2D eigenvalue weighted by Gasteiger charge is 1.99. The molecule has 0 radical (unpaired) electrons. The van der Waals surface area contributed by atoms with E-state index in [0.29, 0.717) is 22.1 Å². The fourth-order valence-electron chi connectivity index (χ4n) is 0.661. The highest BCUT2D eigenvalue weighted by molar-refractivity contribution is 6.31. The molecule has 1 aromatic rings. The van der Waals surface area contributed by atoms with Gasteiger partial charge in [-0.3, -0.25) is 0 Å². The third-order valence-electron chi connectivity index (χ3n) is 1.21. The molecule has 0 aromatic heterocycles. The quantitative estimate of drug-likeness (QED) is 0.494. The maximum atomic E-state index is 5.61. The first-order valence-electron chi connectivity index (χ1n) is 2.71. The normalized spacial score (nSPS) is 9.70. The Balaban J connectivity index is 3.31. The Labute approximate surface area is 63.8 Å². The van der Waals surface area contributed by atoms with E-state index in [-0.39, 0.29) is 0 Å². The molecule has 0 spiro atoms. The minimum Gasteiger partial charge on any atom is -0.397 e. The van der Waals surface area contributed by atoms with Crippen LogP contribution in [0.15, 0.2) is 12.1 Å². The number of nitrogens with two attached hydrogens (primary N) is 3. The molecule has 0 bridgehead atoms.